The molecule has 3 aromatic carbocycles. The fourth-order valence-electron chi connectivity index (χ4n) is 3.47. The molecule has 1 heterocycles. The number of nitrogens with zero attached hydrogens (tertiary/aromatic N) is 1. The van der Waals surface area contributed by atoms with Crippen LogP contribution in [0.4, 0.5) is 17.1 Å². The molecule has 0 bridgehead atoms. The lowest BCUT2D eigenvalue weighted by molar-refractivity contribution is 0.107. The predicted octanol–water partition coefficient (Wildman–Crippen LogP) is 4.43. The van der Waals surface area contributed by atoms with E-state index in [9.17, 15) is 8.76 Å². The Bertz CT molecular complexity index is 1180. The number of benzene rings is 3. The van der Waals surface area contributed by atoms with Gasteiger partial charge in [0.25, 0.3) is 0 Å². The van der Waals surface area contributed by atoms with Crippen LogP contribution in [-0.4, -0.2) is 27.0 Å². The van der Waals surface area contributed by atoms with Crippen LogP contribution in [0.3, 0.4) is 0 Å². The van der Waals surface area contributed by atoms with Crippen LogP contribution in [0, 0.1) is 0 Å². The van der Waals surface area contributed by atoms with E-state index in [2.05, 4.69) is 9.50 Å². The lowest BCUT2D eigenvalue weighted by atomic mass is 10.1. The van der Waals surface area contributed by atoms with Gasteiger partial charge in [0.15, 0.2) is 0 Å². The Balaban J connectivity index is 1.55. The van der Waals surface area contributed by atoms with Crippen molar-refractivity contribution in [3.8, 4) is 0 Å². The molecule has 31 heavy (non-hydrogen) atoms. The van der Waals surface area contributed by atoms with Gasteiger partial charge in [-0.15, -0.1) is 0 Å². The van der Waals surface area contributed by atoms with E-state index < -0.39 is 11.4 Å². The number of para-hydroxylation sites is 2. The van der Waals surface area contributed by atoms with Gasteiger partial charge < -0.3 is 24.5 Å². The highest BCUT2D eigenvalue weighted by Gasteiger charge is 2.10. The summed E-state index contributed by atoms with van der Waals surface area (Å²) in [4.78, 5) is 4.76. The minimum Gasteiger partial charge on any atom is -0.750 e. The predicted molar refractivity (Wildman–Crippen MR) is 123 cm³/mol. The molecule has 0 radical (unpaired) electrons. The van der Waals surface area contributed by atoms with Crippen molar-refractivity contribution in [1.82, 2.24) is 4.98 Å². The molecular formula is C23H22N3O4S-. The van der Waals surface area contributed by atoms with Crippen molar-refractivity contribution in [1.29, 1.82) is 0 Å². The zero-order valence-electron chi connectivity index (χ0n) is 16.7. The summed E-state index contributed by atoms with van der Waals surface area (Å²) >= 11 is -2.49. The summed E-state index contributed by atoms with van der Waals surface area (Å²) in [5.74, 6) is 0. The highest BCUT2D eigenvalue weighted by atomic mass is 32.2. The molecule has 0 aliphatic rings. The third kappa shape index (κ3) is 5.36. The number of rotatable bonds is 9. The molecule has 4 aromatic rings. The van der Waals surface area contributed by atoms with E-state index in [0.717, 1.165) is 38.7 Å². The highest BCUT2D eigenvalue weighted by Crippen LogP contribution is 2.33. The smallest absolute Gasteiger partial charge is 0.0842 e. The number of anilines is 3. The van der Waals surface area contributed by atoms with E-state index in [0.29, 0.717) is 25.3 Å². The second-order valence-electron chi connectivity index (χ2n) is 7.04. The molecule has 3 N–H and O–H groups in total. The Hall–Kier alpha value is -3.04. The maximum absolute atomic E-state index is 10.4. The molecule has 0 amide bonds. The second kappa shape index (κ2) is 9.84. The van der Waals surface area contributed by atoms with Crippen LogP contribution in [0.15, 0.2) is 66.7 Å². The first kappa shape index (κ1) is 21.2. The van der Waals surface area contributed by atoms with Crippen molar-refractivity contribution < 1.29 is 17.7 Å². The topological polar surface area (TPSA) is 110 Å². The zero-order chi connectivity index (χ0) is 21.6. The maximum Gasteiger partial charge on any atom is 0.0842 e. The Kier molecular flexibility index (Phi) is 6.73. The lowest BCUT2D eigenvalue weighted by Crippen LogP contribution is -2.03. The first-order valence-electron chi connectivity index (χ1n) is 9.84. The molecule has 4 rings (SSSR count). The van der Waals surface area contributed by atoms with Gasteiger partial charge in [0, 0.05) is 28.8 Å². The number of hydrogen-bond acceptors (Lipinski definition) is 7. The second-order valence-corrected chi connectivity index (χ2v) is 7.69. The first-order valence-corrected chi connectivity index (χ1v) is 10.8. The van der Waals surface area contributed by atoms with Crippen molar-refractivity contribution >= 4 is 50.2 Å². The quantitative estimate of drug-likeness (QED) is 0.173. The summed E-state index contributed by atoms with van der Waals surface area (Å²) in [6.45, 7) is 0.842. The fourth-order valence-corrected chi connectivity index (χ4v) is 3.72. The van der Waals surface area contributed by atoms with Crippen LogP contribution in [0.2, 0.25) is 0 Å². The molecule has 1 unspecified atom stereocenters. The van der Waals surface area contributed by atoms with Gasteiger partial charge in [-0.2, -0.15) is 0 Å². The summed E-state index contributed by atoms with van der Waals surface area (Å²) in [7, 11) is 0. The first-order chi connectivity index (χ1) is 15.1. The average molecular weight is 437 g/mol. The number of nitrogens with one attached hydrogen (secondary N) is 1. The summed E-state index contributed by atoms with van der Waals surface area (Å²) in [6.07, 6.45) is 0.483. The van der Waals surface area contributed by atoms with Crippen molar-refractivity contribution in [2.45, 2.75) is 13.0 Å². The van der Waals surface area contributed by atoms with Gasteiger partial charge in [-0.1, -0.05) is 36.4 Å². The normalized spacial score (nSPS) is 12.3. The van der Waals surface area contributed by atoms with Crippen molar-refractivity contribution in [3.63, 3.8) is 0 Å². The molecule has 1 aromatic heterocycles. The molecule has 8 heteroatoms. The lowest BCUT2D eigenvalue weighted by Gasteiger charge is -2.15. The van der Waals surface area contributed by atoms with E-state index in [1.54, 1.807) is 0 Å². The molecule has 0 saturated carbocycles. The standard InChI is InChI=1S/C23H23N3O4S/c24-17-12-16(15-29-10-5-11-30-31(27)28)13-18(14-17)25-23-19-6-1-3-8-21(19)26-22-9-4-2-7-20(22)23/h1-4,6-9,12-14H,5,10-11,15,24H2,(H,25,26)(H,27,28)/p-1. The number of nitrogens with two attached hydrogens (primary N) is 1. The van der Waals surface area contributed by atoms with E-state index in [4.69, 9.17) is 15.5 Å². The molecule has 160 valence electrons. The van der Waals surface area contributed by atoms with Crippen LogP contribution >= 0.6 is 0 Å². The minimum absolute atomic E-state index is 0.0992. The molecule has 0 spiro atoms. The Morgan fingerprint density at radius 2 is 1.65 bits per heavy atom. The number of fused-ring (bicyclic) bond motifs is 2. The molecular weight excluding hydrogens is 414 g/mol. The Labute approximate surface area is 182 Å². The fraction of sp³-hybridized carbons (Fsp3) is 0.174. The van der Waals surface area contributed by atoms with Crippen molar-refractivity contribution in [2.24, 2.45) is 0 Å². The molecule has 0 saturated heterocycles. The van der Waals surface area contributed by atoms with Gasteiger partial charge in [-0.3, -0.25) is 0 Å². The number of ether oxygens (including phenoxy) is 1. The number of hydrogen-bond donors (Lipinski definition) is 2. The summed E-state index contributed by atoms with van der Waals surface area (Å²) in [5.41, 5.74) is 11.3. The minimum atomic E-state index is -2.49. The highest BCUT2D eigenvalue weighted by molar-refractivity contribution is 7.74. The van der Waals surface area contributed by atoms with Gasteiger partial charge in [-0.05, 0) is 42.3 Å². The van der Waals surface area contributed by atoms with Crippen molar-refractivity contribution in [2.75, 3.05) is 24.3 Å². The van der Waals surface area contributed by atoms with Crippen molar-refractivity contribution in [3.05, 3.63) is 72.3 Å². The van der Waals surface area contributed by atoms with Gasteiger partial charge in [0.1, 0.15) is 0 Å². The average Bonchev–Trinajstić information content (AvgIpc) is 2.75. The third-order valence-electron chi connectivity index (χ3n) is 4.75. The maximum atomic E-state index is 10.4. The van der Waals surface area contributed by atoms with E-state index in [1.807, 2.05) is 66.7 Å². The van der Waals surface area contributed by atoms with Crippen LogP contribution in [0.1, 0.15) is 12.0 Å². The van der Waals surface area contributed by atoms with Crippen LogP contribution in [0.25, 0.3) is 21.8 Å². The van der Waals surface area contributed by atoms with Crippen LogP contribution < -0.4 is 11.1 Å². The molecule has 7 nitrogen and oxygen atoms in total. The molecule has 0 aliphatic heterocycles. The van der Waals surface area contributed by atoms with Crippen LogP contribution in [-0.2, 0) is 26.9 Å². The largest absolute Gasteiger partial charge is 0.750 e. The Morgan fingerprint density at radius 1 is 0.968 bits per heavy atom. The summed E-state index contributed by atoms with van der Waals surface area (Å²) in [5, 5.41) is 5.58. The molecule has 0 aliphatic carbocycles. The zero-order valence-corrected chi connectivity index (χ0v) is 17.6. The SMILES string of the molecule is Nc1cc(COCCCOS(=O)[O-])cc(Nc2c3ccccc3nc3ccccc23)c1. The Morgan fingerprint density at radius 3 is 2.32 bits per heavy atom. The summed E-state index contributed by atoms with van der Waals surface area (Å²) in [6, 6.07) is 21.8. The third-order valence-corrected chi connectivity index (χ3v) is 5.11. The monoisotopic (exact) mass is 436 g/mol. The van der Waals surface area contributed by atoms with Gasteiger partial charge in [-0.25, -0.2) is 9.19 Å². The number of aromatic nitrogens is 1. The van der Waals surface area contributed by atoms with E-state index in [1.165, 1.54) is 0 Å². The van der Waals surface area contributed by atoms with E-state index in [-0.39, 0.29) is 6.61 Å². The number of pyridine rings is 1. The van der Waals surface area contributed by atoms with Gasteiger partial charge in [0.05, 0.1) is 41.3 Å². The molecule has 1 atom stereocenters. The van der Waals surface area contributed by atoms with Gasteiger partial charge >= 0.3 is 0 Å². The van der Waals surface area contributed by atoms with Gasteiger partial charge in [0.2, 0.25) is 0 Å². The molecule has 0 fully saturated rings. The summed E-state index contributed by atoms with van der Waals surface area (Å²) < 4.78 is 30.8. The number of nitrogen functional groups attached to an aromatic ring is 1. The van der Waals surface area contributed by atoms with Crippen LogP contribution in [0.5, 0.6) is 0 Å². The van der Waals surface area contributed by atoms with E-state index >= 15 is 0 Å².